The maximum atomic E-state index is 6.30. The third-order valence-electron chi connectivity index (χ3n) is 2.51. The number of nitrogens with one attached hydrogen (secondary N) is 1. The Kier molecular flexibility index (Phi) is 5.63. The van der Waals surface area contributed by atoms with Gasteiger partial charge in [-0.15, -0.1) is 0 Å². The Labute approximate surface area is 122 Å². The number of hydrogen-bond acceptors (Lipinski definition) is 4. The summed E-state index contributed by atoms with van der Waals surface area (Å²) in [7, 11) is 0. The number of hydrogen-bond donors (Lipinski definition) is 1. The Morgan fingerprint density at radius 2 is 2.21 bits per heavy atom. The van der Waals surface area contributed by atoms with Crippen LogP contribution in [0.3, 0.4) is 0 Å². The van der Waals surface area contributed by atoms with E-state index in [0.29, 0.717) is 0 Å². The van der Waals surface area contributed by atoms with Crippen molar-refractivity contribution in [2.45, 2.75) is 29.8 Å². The van der Waals surface area contributed by atoms with Crippen molar-refractivity contribution in [1.29, 1.82) is 0 Å². The fraction of sp³-hybridized carbons (Fsp3) is 0.286. The van der Waals surface area contributed by atoms with Gasteiger partial charge in [0.15, 0.2) is 0 Å². The highest BCUT2D eigenvalue weighted by Gasteiger charge is 2.05. The van der Waals surface area contributed by atoms with E-state index in [-0.39, 0.29) is 0 Å². The highest BCUT2D eigenvalue weighted by molar-refractivity contribution is 7.99. The molecule has 0 unspecified atom stereocenters. The average Bonchev–Trinajstić information content (AvgIpc) is 2.43. The molecule has 2 aromatic rings. The lowest BCUT2D eigenvalue weighted by Gasteiger charge is -2.07. The molecule has 0 radical (unpaired) electrons. The second kappa shape index (κ2) is 7.48. The van der Waals surface area contributed by atoms with Gasteiger partial charge in [0.2, 0.25) is 0 Å². The van der Waals surface area contributed by atoms with Gasteiger partial charge in [-0.05, 0) is 30.7 Å². The summed E-state index contributed by atoms with van der Waals surface area (Å²) in [5.74, 6) is 0. The van der Waals surface area contributed by atoms with Crippen molar-refractivity contribution in [1.82, 2.24) is 15.3 Å². The topological polar surface area (TPSA) is 37.8 Å². The monoisotopic (exact) mass is 293 g/mol. The van der Waals surface area contributed by atoms with E-state index in [0.717, 1.165) is 34.5 Å². The molecule has 0 saturated carbocycles. The van der Waals surface area contributed by atoms with Crippen molar-refractivity contribution >= 4 is 23.4 Å². The molecule has 5 heteroatoms. The zero-order valence-electron chi connectivity index (χ0n) is 10.8. The van der Waals surface area contributed by atoms with E-state index in [2.05, 4.69) is 28.3 Å². The summed E-state index contributed by atoms with van der Waals surface area (Å²) in [6.45, 7) is 4.03. The molecule has 3 nitrogen and oxygen atoms in total. The lowest BCUT2D eigenvalue weighted by molar-refractivity contribution is 0.675. The fourth-order valence-electron chi connectivity index (χ4n) is 1.60. The van der Waals surface area contributed by atoms with E-state index in [9.17, 15) is 0 Å². The molecule has 100 valence electrons. The molecule has 0 atom stereocenters. The van der Waals surface area contributed by atoms with E-state index in [1.54, 1.807) is 18.6 Å². The molecule has 0 amide bonds. The highest BCUT2D eigenvalue weighted by Crippen LogP contribution is 2.32. The molecular formula is C14H16ClN3S. The summed E-state index contributed by atoms with van der Waals surface area (Å²) < 4.78 is 0. The lowest BCUT2D eigenvalue weighted by atomic mass is 10.2. The average molecular weight is 294 g/mol. The number of aromatic nitrogens is 2. The molecule has 19 heavy (non-hydrogen) atoms. The molecule has 0 spiro atoms. The van der Waals surface area contributed by atoms with Gasteiger partial charge in [0.1, 0.15) is 5.03 Å². The summed E-state index contributed by atoms with van der Waals surface area (Å²) in [6.07, 6.45) is 6.21. The van der Waals surface area contributed by atoms with Crippen LogP contribution in [-0.4, -0.2) is 16.5 Å². The molecule has 0 aliphatic rings. The third-order valence-corrected chi connectivity index (χ3v) is 3.93. The Morgan fingerprint density at radius 1 is 1.32 bits per heavy atom. The third kappa shape index (κ3) is 4.49. The van der Waals surface area contributed by atoms with Crippen molar-refractivity contribution in [3.63, 3.8) is 0 Å². The van der Waals surface area contributed by atoms with Crippen LogP contribution in [0, 0.1) is 0 Å². The van der Waals surface area contributed by atoms with Crippen LogP contribution >= 0.6 is 23.4 Å². The highest BCUT2D eigenvalue weighted by atomic mass is 35.5. The van der Waals surface area contributed by atoms with Crippen LogP contribution in [0.2, 0.25) is 5.02 Å². The summed E-state index contributed by atoms with van der Waals surface area (Å²) in [6, 6.07) is 6.13. The zero-order chi connectivity index (χ0) is 13.5. The van der Waals surface area contributed by atoms with E-state index in [1.165, 1.54) is 17.3 Å². The summed E-state index contributed by atoms with van der Waals surface area (Å²) in [5.41, 5.74) is 1.20. The fourth-order valence-corrected chi connectivity index (χ4v) is 2.66. The molecule has 0 fully saturated rings. The first-order valence-corrected chi connectivity index (χ1v) is 7.42. The van der Waals surface area contributed by atoms with Crippen molar-refractivity contribution in [3.05, 3.63) is 47.4 Å². The van der Waals surface area contributed by atoms with Gasteiger partial charge in [-0.25, -0.2) is 4.98 Å². The minimum absolute atomic E-state index is 0.756. The Morgan fingerprint density at radius 3 is 2.89 bits per heavy atom. The van der Waals surface area contributed by atoms with Crippen molar-refractivity contribution in [2.24, 2.45) is 0 Å². The normalized spacial score (nSPS) is 10.6. The molecule has 0 aliphatic heterocycles. The second-order valence-corrected chi connectivity index (χ2v) is 5.56. The molecule has 0 aliphatic carbocycles. The first-order chi connectivity index (χ1) is 9.29. The zero-order valence-corrected chi connectivity index (χ0v) is 12.3. The van der Waals surface area contributed by atoms with Crippen molar-refractivity contribution in [3.8, 4) is 0 Å². The largest absolute Gasteiger partial charge is 0.313 e. The molecular weight excluding hydrogens is 278 g/mol. The first-order valence-electron chi connectivity index (χ1n) is 6.22. The van der Waals surface area contributed by atoms with Gasteiger partial charge in [-0.1, -0.05) is 36.4 Å². The summed E-state index contributed by atoms with van der Waals surface area (Å²) in [5, 5.41) is 4.96. The Balaban J connectivity index is 2.03. The van der Waals surface area contributed by atoms with E-state index in [4.69, 9.17) is 11.6 Å². The van der Waals surface area contributed by atoms with E-state index < -0.39 is 0 Å². The smallest absolute Gasteiger partial charge is 0.119 e. The number of benzene rings is 1. The van der Waals surface area contributed by atoms with Crippen LogP contribution in [0.25, 0.3) is 0 Å². The van der Waals surface area contributed by atoms with Crippen molar-refractivity contribution < 1.29 is 0 Å². The Bertz CT molecular complexity index is 519. The van der Waals surface area contributed by atoms with Gasteiger partial charge in [0.05, 0.1) is 11.2 Å². The van der Waals surface area contributed by atoms with Crippen LogP contribution < -0.4 is 5.32 Å². The van der Waals surface area contributed by atoms with Crippen LogP contribution in [0.1, 0.15) is 18.9 Å². The quantitative estimate of drug-likeness (QED) is 0.823. The standard InChI is InChI=1S/C14H16ClN3S/c1-2-5-16-9-11-3-4-13(12(15)8-11)19-14-10-17-6-7-18-14/h3-4,6-8,10,16H,2,5,9H2,1H3. The van der Waals surface area contributed by atoms with Crippen molar-refractivity contribution in [2.75, 3.05) is 6.54 Å². The second-order valence-electron chi connectivity index (χ2n) is 4.09. The molecule has 0 saturated heterocycles. The molecule has 1 heterocycles. The van der Waals surface area contributed by atoms with Gasteiger partial charge in [0.25, 0.3) is 0 Å². The van der Waals surface area contributed by atoms with Gasteiger partial charge >= 0.3 is 0 Å². The minimum atomic E-state index is 0.756. The van der Waals surface area contributed by atoms with Crippen LogP contribution in [0.4, 0.5) is 0 Å². The van der Waals surface area contributed by atoms with Crippen LogP contribution in [-0.2, 0) is 6.54 Å². The molecule has 2 rings (SSSR count). The van der Waals surface area contributed by atoms with Gasteiger partial charge in [-0.3, -0.25) is 4.98 Å². The minimum Gasteiger partial charge on any atom is -0.313 e. The molecule has 1 aromatic carbocycles. The summed E-state index contributed by atoms with van der Waals surface area (Å²) >= 11 is 7.82. The molecule has 1 aromatic heterocycles. The van der Waals surface area contributed by atoms with Gasteiger partial charge < -0.3 is 5.32 Å². The molecule has 0 bridgehead atoms. The molecule has 1 N–H and O–H groups in total. The number of rotatable bonds is 6. The maximum Gasteiger partial charge on any atom is 0.119 e. The van der Waals surface area contributed by atoms with Gasteiger partial charge in [-0.2, -0.15) is 0 Å². The van der Waals surface area contributed by atoms with E-state index >= 15 is 0 Å². The lowest BCUT2D eigenvalue weighted by Crippen LogP contribution is -2.13. The first kappa shape index (κ1) is 14.3. The number of nitrogens with zero attached hydrogens (tertiary/aromatic N) is 2. The maximum absolute atomic E-state index is 6.30. The van der Waals surface area contributed by atoms with E-state index in [1.807, 2.05) is 12.1 Å². The van der Waals surface area contributed by atoms with Crippen LogP contribution in [0.5, 0.6) is 0 Å². The predicted molar refractivity (Wildman–Crippen MR) is 79.6 cm³/mol. The van der Waals surface area contributed by atoms with Gasteiger partial charge in [0, 0.05) is 23.8 Å². The number of halogens is 1. The van der Waals surface area contributed by atoms with Crippen LogP contribution in [0.15, 0.2) is 46.7 Å². The Hall–Kier alpha value is -1.10. The SMILES string of the molecule is CCCNCc1ccc(Sc2cnccn2)c(Cl)c1. The summed E-state index contributed by atoms with van der Waals surface area (Å²) in [4.78, 5) is 9.27. The predicted octanol–water partition coefficient (Wildman–Crippen LogP) is 3.78.